The highest BCUT2D eigenvalue weighted by Gasteiger charge is 2.51. The van der Waals surface area contributed by atoms with Crippen LogP contribution in [0.25, 0.3) is 0 Å². The van der Waals surface area contributed by atoms with Gasteiger partial charge in [-0.15, -0.1) is 0 Å². The van der Waals surface area contributed by atoms with Crippen LogP contribution in [0.4, 0.5) is 20.2 Å². The summed E-state index contributed by atoms with van der Waals surface area (Å²) >= 11 is 5.58. The number of rotatable bonds is 4. The molecular formula is C21H18ClF2N3O4. The highest BCUT2D eigenvalue weighted by molar-refractivity contribution is 6.30. The second-order valence-electron chi connectivity index (χ2n) is 7.49. The zero-order valence-corrected chi connectivity index (χ0v) is 16.9. The Hall–Kier alpha value is -3.04. The quantitative estimate of drug-likeness (QED) is 0.624. The first-order valence-corrected chi connectivity index (χ1v) is 9.95. The molecule has 162 valence electrons. The van der Waals surface area contributed by atoms with Gasteiger partial charge in [0.1, 0.15) is 11.6 Å². The Morgan fingerprint density at radius 3 is 2.61 bits per heavy atom. The summed E-state index contributed by atoms with van der Waals surface area (Å²) in [5.74, 6) is -3.85. The summed E-state index contributed by atoms with van der Waals surface area (Å²) in [6, 6.07) is 6.82. The number of anilines is 2. The number of hydrogen-bond acceptors (Lipinski definition) is 4. The van der Waals surface area contributed by atoms with E-state index in [2.05, 4.69) is 10.6 Å². The SMILES string of the molecule is O=C1CCc2cc(N3CC[C@](O)(C(=O)NCc4c(F)cc(Cl)cc4F)C3=O)ccc2N1. The van der Waals surface area contributed by atoms with Crippen LogP contribution in [0.5, 0.6) is 0 Å². The maximum Gasteiger partial charge on any atom is 0.268 e. The number of carbonyl (C=O) groups excluding carboxylic acids is 3. The third-order valence-electron chi connectivity index (χ3n) is 5.50. The Kier molecular flexibility index (Phi) is 5.40. The first kappa shape index (κ1) is 21.2. The molecule has 0 radical (unpaired) electrons. The van der Waals surface area contributed by atoms with Crippen LogP contribution in [0.3, 0.4) is 0 Å². The van der Waals surface area contributed by atoms with E-state index in [4.69, 9.17) is 11.6 Å². The smallest absolute Gasteiger partial charge is 0.268 e. The summed E-state index contributed by atoms with van der Waals surface area (Å²) in [4.78, 5) is 38.2. The molecule has 1 saturated heterocycles. The molecule has 0 aromatic heterocycles. The molecule has 2 aliphatic rings. The van der Waals surface area contributed by atoms with Gasteiger partial charge in [-0.1, -0.05) is 11.6 Å². The van der Waals surface area contributed by atoms with Crippen LogP contribution in [0.1, 0.15) is 24.0 Å². The van der Waals surface area contributed by atoms with Gasteiger partial charge in [0, 0.05) is 47.9 Å². The summed E-state index contributed by atoms with van der Waals surface area (Å²) in [6.07, 6.45) is 0.658. The molecule has 0 spiro atoms. The van der Waals surface area contributed by atoms with Crippen molar-refractivity contribution in [3.05, 3.63) is 58.1 Å². The molecule has 0 saturated carbocycles. The van der Waals surface area contributed by atoms with E-state index in [9.17, 15) is 28.3 Å². The van der Waals surface area contributed by atoms with Gasteiger partial charge in [-0.3, -0.25) is 14.4 Å². The van der Waals surface area contributed by atoms with Crippen molar-refractivity contribution in [3.8, 4) is 0 Å². The van der Waals surface area contributed by atoms with Gasteiger partial charge in [0.05, 0.1) is 0 Å². The van der Waals surface area contributed by atoms with E-state index in [0.29, 0.717) is 24.2 Å². The Bertz CT molecular complexity index is 1090. The van der Waals surface area contributed by atoms with Crippen LogP contribution in [-0.4, -0.2) is 35.0 Å². The van der Waals surface area contributed by atoms with Crippen molar-refractivity contribution in [2.75, 3.05) is 16.8 Å². The maximum absolute atomic E-state index is 13.9. The highest BCUT2D eigenvalue weighted by Crippen LogP contribution is 2.33. The number of nitrogens with zero attached hydrogens (tertiary/aromatic N) is 1. The van der Waals surface area contributed by atoms with Gasteiger partial charge < -0.3 is 20.6 Å². The number of aliphatic hydroxyl groups is 1. The van der Waals surface area contributed by atoms with Gasteiger partial charge in [0.25, 0.3) is 11.8 Å². The van der Waals surface area contributed by atoms with Crippen LogP contribution < -0.4 is 15.5 Å². The fraction of sp³-hybridized carbons (Fsp3) is 0.286. The highest BCUT2D eigenvalue weighted by atomic mass is 35.5. The Morgan fingerprint density at radius 2 is 1.90 bits per heavy atom. The van der Waals surface area contributed by atoms with Gasteiger partial charge in [0.15, 0.2) is 0 Å². The van der Waals surface area contributed by atoms with Gasteiger partial charge in [0.2, 0.25) is 11.5 Å². The lowest BCUT2D eigenvalue weighted by Gasteiger charge is -2.24. The maximum atomic E-state index is 13.9. The van der Waals surface area contributed by atoms with E-state index in [1.165, 1.54) is 4.90 Å². The van der Waals surface area contributed by atoms with Gasteiger partial charge in [-0.05, 0) is 42.3 Å². The molecule has 0 unspecified atom stereocenters. The van der Waals surface area contributed by atoms with Crippen molar-refractivity contribution < 1.29 is 28.3 Å². The van der Waals surface area contributed by atoms with Crippen molar-refractivity contribution in [1.82, 2.24) is 5.32 Å². The van der Waals surface area contributed by atoms with Gasteiger partial charge in [-0.2, -0.15) is 0 Å². The Morgan fingerprint density at radius 1 is 1.19 bits per heavy atom. The summed E-state index contributed by atoms with van der Waals surface area (Å²) < 4.78 is 27.8. The van der Waals surface area contributed by atoms with Crippen molar-refractivity contribution in [2.45, 2.75) is 31.4 Å². The molecule has 2 aromatic rings. The minimum Gasteiger partial charge on any atom is -0.372 e. The van der Waals surface area contributed by atoms with Crippen LogP contribution in [-0.2, 0) is 27.3 Å². The molecule has 7 nitrogen and oxygen atoms in total. The number of carbonyl (C=O) groups is 3. The van der Waals surface area contributed by atoms with E-state index in [-0.39, 0.29) is 23.9 Å². The zero-order chi connectivity index (χ0) is 22.3. The number of hydrogen-bond donors (Lipinski definition) is 3. The van der Waals surface area contributed by atoms with E-state index in [1.54, 1.807) is 18.2 Å². The summed E-state index contributed by atoms with van der Waals surface area (Å²) in [6.45, 7) is -0.473. The Labute approximate surface area is 181 Å². The molecule has 31 heavy (non-hydrogen) atoms. The van der Waals surface area contributed by atoms with Crippen molar-refractivity contribution >= 4 is 40.7 Å². The van der Waals surface area contributed by atoms with Gasteiger partial charge in [-0.25, -0.2) is 8.78 Å². The average Bonchev–Trinajstić information content (AvgIpc) is 3.02. The molecule has 3 amide bonds. The van der Waals surface area contributed by atoms with E-state index < -0.39 is 41.2 Å². The summed E-state index contributed by atoms with van der Waals surface area (Å²) in [5.41, 5.74) is -0.798. The lowest BCUT2D eigenvalue weighted by Crippen LogP contribution is -2.52. The number of aryl methyl sites for hydroxylation is 1. The average molecular weight is 450 g/mol. The van der Waals surface area contributed by atoms with Crippen LogP contribution >= 0.6 is 11.6 Å². The van der Waals surface area contributed by atoms with Crippen LogP contribution in [0.15, 0.2) is 30.3 Å². The molecule has 0 aliphatic carbocycles. The first-order valence-electron chi connectivity index (χ1n) is 9.58. The van der Waals surface area contributed by atoms with Crippen molar-refractivity contribution in [1.29, 1.82) is 0 Å². The number of nitrogens with one attached hydrogen (secondary N) is 2. The third-order valence-corrected chi connectivity index (χ3v) is 5.72. The molecule has 2 aromatic carbocycles. The van der Waals surface area contributed by atoms with E-state index >= 15 is 0 Å². The standard InChI is InChI=1S/C21H18ClF2N3O4/c22-12-8-15(23)14(16(24)9-12)10-25-19(29)21(31)5-6-27(20(21)30)13-2-3-17-11(7-13)1-4-18(28)26-17/h2-3,7-9,31H,1,4-6,10H2,(H,25,29)(H,26,28)/t21-/m0/s1. The topological polar surface area (TPSA) is 98.7 Å². The van der Waals surface area contributed by atoms with E-state index in [1.807, 2.05) is 0 Å². The summed E-state index contributed by atoms with van der Waals surface area (Å²) in [7, 11) is 0. The second kappa shape index (κ2) is 7.90. The predicted octanol–water partition coefficient (Wildman–Crippen LogP) is 2.29. The molecule has 2 aliphatic heterocycles. The minimum atomic E-state index is -2.36. The molecular weight excluding hydrogens is 432 g/mol. The predicted molar refractivity (Wildman–Crippen MR) is 109 cm³/mol. The molecule has 2 heterocycles. The second-order valence-corrected chi connectivity index (χ2v) is 7.92. The molecule has 10 heteroatoms. The fourth-order valence-corrected chi connectivity index (χ4v) is 3.95. The number of fused-ring (bicyclic) bond motifs is 1. The van der Waals surface area contributed by atoms with Crippen molar-refractivity contribution in [2.24, 2.45) is 0 Å². The Balaban J connectivity index is 1.49. The minimum absolute atomic E-state index is 0.0809. The number of amides is 3. The normalized spacial score (nSPS) is 20.5. The first-order chi connectivity index (χ1) is 14.7. The van der Waals surface area contributed by atoms with Gasteiger partial charge >= 0.3 is 0 Å². The van der Waals surface area contributed by atoms with Crippen LogP contribution in [0.2, 0.25) is 5.02 Å². The van der Waals surface area contributed by atoms with Crippen molar-refractivity contribution in [3.63, 3.8) is 0 Å². The molecule has 1 fully saturated rings. The van der Waals surface area contributed by atoms with E-state index in [0.717, 1.165) is 17.7 Å². The molecule has 4 rings (SSSR count). The largest absolute Gasteiger partial charge is 0.372 e. The number of halogens is 3. The molecule has 1 atom stereocenters. The molecule has 0 bridgehead atoms. The van der Waals surface area contributed by atoms with Crippen LogP contribution in [0, 0.1) is 11.6 Å². The monoisotopic (exact) mass is 449 g/mol. The summed E-state index contributed by atoms with van der Waals surface area (Å²) in [5, 5.41) is 15.6. The number of benzene rings is 2. The molecule has 3 N–H and O–H groups in total. The third kappa shape index (κ3) is 3.86. The lowest BCUT2D eigenvalue weighted by atomic mass is 10.0. The lowest BCUT2D eigenvalue weighted by molar-refractivity contribution is -0.149. The zero-order valence-electron chi connectivity index (χ0n) is 16.2. The fourth-order valence-electron chi connectivity index (χ4n) is 3.76.